The molecule has 0 amide bonds. The van der Waals surface area contributed by atoms with Crippen LogP contribution in [0.5, 0.6) is 0 Å². The van der Waals surface area contributed by atoms with Crippen molar-refractivity contribution in [2.24, 2.45) is 0 Å². The number of piperidine rings is 1. The second-order valence-corrected chi connectivity index (χ2v) is 7.32. The van der Waals surface area contributed by atoms with Gasteiger partial charge in [0.1, 0.15) is 0 Å². The number of nitrogens with zero attached hydrogens (tertiary/aromatic N) is 2. The van der Waals surface area contributed by atoms with E-state index >= 15 is 0 Å². The van der Waals surface area contributed by atoms with Gasteiger partial charge in [0.25, 0.3) is 0 Å². The molecule has 0 N–H and O–H groups in total. The maximum absolute atomic E-state index is 3.65. The zero-order chi connectivity index (χ0) is 12.4. The van der Waals surface area contributed by atoms with Crippen molar-refractivity contribution < 1.29 is 0 Å². The van der Waals surface area contributed by atoms with E-state index in [4.69, 9.17) is 0 Å². The molecule has 2 nitrogen and oxygen atoms in total. The van der Waals surface area contributed by atoms with Gasteiger partial charge in [-0.1, -0.05) is 6.42 Å². The number of hydrogen-bond donors (Lipinski definition) is 0. The molecule has 0 radical (unpaired) electrons. The molecule has 3 heterocycles. The van der Waals surface area contributed by atoms with E-state index in [9.17, 15) is 0 Å². The first-order valence-corrected chi connectivity index (χ1v) is 8.68. The number of rotatable bonds is 2. The van der Waals surface area contributed by atoms with E-state index in [1.165, 1.54) is 61.2 Å². The van der Waals surface area contributed by atoms with Crippen molar-refractivity contribution in [3.05, 3.63) is 20.8 Å². The van der Waals surface area contributed by atoms with Crippen LogP contribution in [0.4, 0.5) is 0 Å². The van der Waals surface area contributed by atoms with E-state index in [2.05, 4.69) is 37.2 Å². The third kappa shape index (κ3) is 2.98. The summed E-state index contributed by atoms with van der Waals surface area (Å²) < 4.78 is 1.29. The molecule has 0 saturated carbocycles. The van der Waals surface area contributed by atoms with Crippen molar-refractivity contribution in [3.63, 3.8) is 0 Å². The molecule has 0 bridgehead atoms. The summed E-state index contributed by atoms with van der Waals surface area (Å²) >= 11 is 5.53. The van der Waals surface area contributed by atoms with Gasteiger partial charge >= 0.3 is 0 Å². The highest BCUT2D eigenvalue weighted by Crippen LogP contribution is 2.26. The van der Waals surface area contributed by atoms with Crippen molar-refractivity contribution >= 4 is 27.3 Å². The van der Waals surface area contributed by atoms with Crippen LogP contribution >= 0.6 is 27.3 Å². The molecule has 2 aliphatic rings. The van der Waals surface area contributed by atoms with Crippen molar-refractivity contribution in [1.29, 1.82) is 0 Å². The Labute approximate surface area is 122 Å². The standard InChI is InChI=1S/C14H21BrN2S/c15-13-5-9-18-14(13)11-16-6-3-8-17-7-2-1-4-12(17)10-16/h5,9,12H,1-4,6-8,10-11H2. The Morgan fingerprint density at radius 1 is 1.22 bits per heavy atom. The van der Waals surface area contributed by atoms with E-state index in [1.54, 1.807) is 0 Å². The molecule has 1 aromatic heterocycles. The van der Waals surface area contributed by atoms with E-state index in [1.807, 2.05) is 11.3 Å². The van der Waals surface area contributed by atoms with Gasteiger partial charge in [0.05, 0.1) is 0 Å². The smallest absolute Gasteiger partial charge is 0.0339 e. The fourth-order valence-corrected chi connectivity index (χ4v) is 4.75. The zero-order valence-corrected chi connectivity index (χ0v) is 13.2. The van der Waals surface area contributed by atoms with Gasteiger partial charge in [0.2, 0.25) is 0 Å². The first-order valence-electron chi connectivity index (χ1n) is 7.01. The molecule has 1 unspecified atom stereocenters. The van der Waals surface area contributed by atoms with Crippen molar-refractivity contribution in [3.8, 4) is 0 Å². The SMILES string of the molecule is Brc1ccsc1CN1CCCN2CCCCC2C1. The lowest BCUT2D eigenvalue weighted by atomic mass is 10.0. The third-order valence-corrected chi connectivity index (χ3v) is 6.11. The molecular weight excluding hydrogens is 308 g/mol. The second-order valence-electron chi connectivity index (χ2n) is 5.47. The fourth-order valence-electron chi connectivity index (χ4n) is 3.23. The summed E-state index contributed by atoms with van der Waals surface area (Å²) in [7, 11) is 0. The highest BCUT2D eigenvalue weighted by Gasteiger charge is 2.27. The summed E-state index contributed by atoms with van der Waals surface area (Å²) in [6, 6.07) is 2.99. The predicted octanol–water partition coefficient (Wildman–Crippen LogP) is 3.57. The normalized spacial score (nSPS) is 26.8. The molecule has 3 rings (SSSR count). The average Bonchev–Trinajstić information content (AvgIpc) is 2.66. The Kier molecular flexibility index (Phi) is 4.39. The van der Waals surface area contributed by atoms with Crippen LogP contribution in [0.1, 0.15) is 30.6 Å². The maximum atomic E-state index is 3.65. The van der Waals surface area contributed by atoms with Gasteiger partial charge in [-0.05, 0) is 66.3 Å². The Hall–Kier alpha value is 0.1000. The summed E-state index contributed by atoms with van der Waals surface area (Å²) in [6.45, 7) is 6.30. The number of hydrogen-bond acceptors (Lipinski definition) is 3. The fraction of sp³-hybridized carbons (Fsp3) is 0.714. The van der Waals surface area contributed by atoms with Gasteiger partial charge in [-0.25, -0.2) is 0 Å². The lowest BCUT2D eigenvalue weighted by Gasteiger charge is -2.35. The van der Waals surface area contributed by atoms with Gasteiger partial charge in [-0.15, -0.1) is 11.3 Å². The van der Waals surface area contributed by atoms with Gasteiger partial charge < -0.3 is 0 Å². The molecule has 0 aliphatic carbocycles. The Balaban J connectivity index is 1.64. The third-order valence-electron chi connectivity index (χ3n) is 4.20. The van der Waals surface area contributed by atoms with Crippen LogP contribution in [0.15, 0.2) is 15.9 Å². The van der Waals surface area contributed by atoms with E-state index in [0.29, 0.717) is 0 Å². The Morgan fingerprint density at radius 3 is 2.94 bits per heavy atom. The second kappa shape index (κ2) is 6.04. The molecule has 2 saturated heterocycles. The summed E-state index contributed by atoms with van der Waals surface area (Å²) in [5, 5.41) is 2.18. The van der Waals surface area contributed by atoms with Crippen molar-refractivity contribution in [1.82, 2.24) is 9.80 Å². The number of halogens is 1. The van der Waals surface area contributed by atoms with Gasteiger partial charge in [0, 0.05) is 28.5 Å². The first-order chi connectivity index (χ1) is 8.83. The minimum Gasteiger partial charge on any atom is -0.299 e. The van der Waals surface area contributed by atoms with E-state index in [0.717, 1.165) is 12.6 Å². The highest BCUT2D eigenvalue weighted by atomic mass is 79.9. The number of thiophene rings is 1. The minimum atomic E-state index is 0.819. The zero-order valence-electron chi connectivity index (χ0n) is 10.8. The predicted molar refractivity (Wildman–Crippen MR) is 81.1 cm³/mol. The molecule has 18 heavy (non-hydrogen) atoms. The lowest BCUT2D eigenvalue weighted by Crippen LogP contribution is -2.43. The Morgan fingerprint density at radius 2 is 2.11 bits per heavy atom. The van der Waals surface area contributed by atoms with Crippen LogP contribution in [0.2, 0.25) is 0 Å². The van der Waals surface area contributed by atoms with Crippen molar-refractivity contribution in [2.45, 2.75) is 38.3 Å². The summed E-state index contributed by atoms with van der Waals surface area (Å²) in [5.41, 5.74) is 0. The van der Waals surface area contributed by atoms with E-state index in [-0.39, 0.29) is 0 Å². The van der Waals surface area contributed by atoms with Crippen LogP contribution in [0.25, 0.3) is 0 Å². The maximum Gasteiger partial charge on any atom is 0.0339 e. The molecule has 0 aromatic carbocycles. The summed E-state index contributed by atoms with van der Waals surface area (Å²) in [5.74, 6) is 0. The Bertz CT molecular complexity index is 393. The first kappa shape index (κ1) is 13.1. The van der Waals surface area contributed by atoms with E-state index < -0.39 is 0 Å². The lowest BCUT2D eigenvalue weighted by molar-refractivity contribution is 0.135. The molecule has 1 atom stereocenters. The van der Waals surface area contributed by atoms with Gasteiger partial charge in [-0.3, -0.25) is 9.80 Å². The van der Waals surface area contributed by atoms with Crippen LogP contribution in [0, 0.1) is 0 Å². The molecule has 2 fully saturated rings. The largest absolute Gasteiger partial charge is 0.299 e. The molecule has 100 valence electrons. The topological polar surface area (TPSA) is 6.48 Å². The van der Waals surface area contributed by atoms with Crippen LogP contribution < -0.4 is 0 Å². The van der Waals surface area contributed by atoms with Crippen molar-refractivity contribution in [2.75, 3.05) is 26.2 Å². The van der Waals surface area contributed by atoms with Gasteiger partial charge in [-0.2, -0.15) is 0 Å². The molecular formula is C14H21BrN2S. The average molecular weight is 329 g/mol. The molecule has 2 aliphatic heterocycles. The summed E-state index contributed by atoms with van der Waals surface area (Å²) in [6.07, 6.45) is 5.58. The van der Waals surface area contributed by atoms with Crippen LogP contribution in [-0.4, -0.2) is 42.0 Å². The molecule has 4 heteroatoms. The summed E-state index contributed by atoms with van der Waals surface area (Å²) in [4.78, 5) is 6.87. The highest BCUT2D eigenvalue weighted by molar-refractivity contribution is 9.10. The minimum absolute atomic E-state index is 0.819. The van der Waals surface area contributed by atoms with Gasteiger partial charge in [0.15, 0.2) is 0 Å². The molecule has 1 aromatic rings. The quantitative estimate of drug-likeness (QED) is 0.818. The van der Waals surface area contributed by atoms with Crippen LogP contribution in [-0.2, 0) is 6.54 Å². The van der Waals surface area contributed by atoms with Crippen LogP contribution in [0.3, 0.4) is 0 Å². The number of fused-ring (bicyclic) bond motifs is 1. The monoisotopic (exact) mass is 328 g/mol. The molecule has 0 spiro atoms.